The molecule has 1 aliphatic heterocycles. The highest BCUT2D eigenvalue weighted by Gasteiger charge is 2.22. The van der Waals surface area contributed by atoms with E-state index in [1.807, 2.05) is 23.1 Å². The van der Waals surface area contributed by atoms with Crippen molar-refractivity contribution < 1.29 is 9.90 Å². The average molecular weight is 306 g/mol. The number of aliphatic hydroxyl groups excluding tert-OH is 1. The second-order valence-corrected chi connectivity index (χ2v) is 5.79. The fraction of sp³-hybridized carbons (Fsp3) is 0.625. The van der Waals surface area contributed by atoms with Crippen molar-refractivity contribution in [3.8, 4) is 0 Å². The van der Waals surface area contributed by atoms with Crippen LogP contribution in [0, 0.1) is 0 Å². The van der Waals surface area contributed by atoms with Crippen LogP contribution in [0.15, 0.2) is 24.4 Å². The smallest absolute Gasteiger partial charge is 0.234 e. The number of pyridine rings is 1. The first-order valence-corrected chi connectivity index (χ1v) is 7.96. The van der Waals surface area contributed by atoms with Crippen molar-refractivity contribution in [1.82, 2.24) is 20.1 Å². The third kappa shape index (κ3) is 5.71. The summed E-state index contributed by atoms with van der Waals surface area (Å²) < 4.78 is 0. The van der Waals surface area contributed by atoms with Crippen LogP contribution in [0.3, 0.4) is 0 Å². The van der Waals surface area contributed by atoms with Crippen LogP contribution in [0.4, 0.5) is 0 Å². The lowest BCUT2D eigenvalue weighted by Crippen LogP contribution is -2.40. The van der Waals surface area contributed by atoms with Crippen molar-refractivity contribution in [1.29, 1.82) is 0 Å². The van der Waals surface area contributed by atoms with Gasteiger partial charge in [-0.25, -0.2) is 0 Å². The Hall–Kier alpha value is -1.50. The molecule has 0 bridgehead atoms. The first-order valence-electron chi connectivity index (χ1n) is 7.96. The van der Waals surface area contributed by atoms with Gasteiger partial charge in [-0.1, -0.05) is 13.0 Å². The summed E-state index contributed by atoms with van der Waals surface area (Å²) in [7, 11) is 0. The molecule has 1 aromatic rings. The summed E-state index contributed by atoms with van der Waals surface area (Å²) in [6.07, 6.45) is 2.41. The summed E-state index contributed by atoms with van der Waals surface area (Å²) in [5.74, 6) is -0.0261. The third-order valence-electron chi connectivity index (χ3n) is 3.77. The number of carbonyl (C=O) groups excluding carboxylic acids is 1. The average Bonchev–Trinajstić information content (AvgIpc) is 2.68. The number of β-amino-alcohol motifs (C(OH)–C–C–N with tert-alkyl or cyclic N) is 1. The predicted octanol–water partition coefficient (Wildman–Crippen LogP) is 0.0863. The molecule has 1 amide bonds. The SMILES string of the molecule is CCCN1CCN(CC(=O)NCc2ccccn2)CC(O)C1. The van der Waals surface area contributed by atoms with Gasteiger partial charge in [0.2, 0.25) is 5.91 Å². The number of carbonyl (C=O) groups is 1. The molecule has 122 valence electrons. The fourth-order valence-corrected chi connectivity index (χ4v) is 2.73. The number of aromatic nitrogens is 1. The molecule has 1 unspecified atom stereocenters. The maximum absolute atomic E-state index is 12.0. The van der Waals surface area contributed by atoms with E-state index in [0.717, 1.165) is 31.7 Å². The predicted molar refractivity (Wildman–Crippen MR) is 85.3 cm³/mol. The number of aliphatic hydroxyl groups is 1. The van der Waals surface area contributed by atoms with Gasteiger partial charge in [0.25, 0.3) is 0 Å². The molecule has 0 radical (unpaired) electrons. The van der Waals surface area contributed by atoms with Crippen molar-refractivity contribution in [3.63, 3.8) is 0 Å². The first kappa shape index (κ1) is 16.9. The van der Waals surface area contributed by atoms with Crippen LogP contribution in [-0.2, 0) is 11.3 Å². The van der Waals surface area contributed by atoms with Gasteiger partial charge in [0.1, 0.15) is 0 Å². The maximum Gasteiger partial charge on any atom is 0.234 e. The monoisotopic (exact) mass is 306 g/mol. The molecule has 6 nitrogen and oxygen atoms in total. The lowest BCUT2D eigenvalue weighted by Gasteiger charge is -2.20. The number of amides is 1. The normalized spacial score (nSPS) is 20.5. The Morgan fingerprint density at radius 3 is 2.86 bits per heavy atom. The zero-order valence-electron chi connectivity index (χ0n) is 13.2. The molecule has 2 N–H and O–H groups in total. The van der Waals surface area contributed by atoms with E-state index in [2.05, 4.69) is 22.1 Å². The summed E-state index contributed by atoms with van der Waals surface area (Å²) in [5, 5.41) is 12.9. The van der Waals surface area contributed by atoms with E-state index < -0.39 is 6.10 Å². The van der Waals surface area contributed by atoms with Gasteiger partial charge in [-0.3, -0.25) is 19.6 Å². The van der Waals surface area contributed by atoms with Gasteiger partial charge in [0, 0.05) is 32.4 Å². The summed E-state index contributed by atoms with van der Waals surface area (Å²) in [5.41, 5.74) is 0.848. The molecular formula is C16H26N4O2. The van der Waals surface area contributed by atoms with E-state index >= 15 is 0 Å². The van der Waals surface area contributed by atoms with Crippen LogP contribution in [0.5, 0.6) is 0 Å². The second kappa shape index (κ2) is 8.82. The molecule has 0 aromatic carbocycles. The number of hydrogen-bond acceptors (Lipinski definition) is 5. The highest BCUT2D eigenvalue weighted by Crippen LogP contribution is 2.04. The quantitative estimate of drug-likeness (QED) is 0.779. The van der Waals surface area contributed by atoms with Crippen molar-refractivity contribution in [2.24, 2.45) is 0 Å². The van der Waals surface area contributed by atoms with E-state index in [1.165, 1.54) is 0 Å². The zero-order chi connectivity index (χ0) is 15.8. The molecule has 1 atom stereocenters. The fourth-order valence-electron chi connectivity index (χ4n) is 2.73. The summed E-state index contributed by atoms with van der Waals surface area (Å²) in [6, 6.07) is 5.65. The molecular weight excluding hydrogens is 280 g/mol. The number of rotatable bonds is 6. The molecule has 0 aliphatic carbocycles. The largest absolute Gasteiger partial charge is 0.390 e. The molecule has 0 spiro atoms. The maximum atomic E-state index is 12.0. The van der Waals surface area contributed by atoms with Gasteiger partial charge in [0.05, 0.1) is 24.9 Å². The van der Waals surface area contributed by atoms with Crippen LogP contribution in [0.25, 0.3) is 0 Å². The molecule has 6 heteroatoms. The van der Waals surface area contributed by atoms with E-state index in [-0.39, 0.29) is 5.91 Å². The topological polar surface area (TPSA) is 68.7 Å². The number of nitrogens with zero attached hydrogens (tertiary/aromatic N) is 3. The lowest BCUT2D eigenvalue weighted by molar-refractivity contribution is -0.122. The Morgan fingerprint density at radius 1 is 1.36 bits per heavy atom. The lowest BCUT2D eigenvalue weighted by atomic mass is 10.3. The summed E-state index contributed by atoms with van der Waals surface area (Å²) in [4.78, 5) is 20.5. The molecule has 1 saturated heterocycles. The van der Waals surface area contributed by atoms with Gasteiger partial charge < -0.3 is 10.4 Å². The van der Waals surface area contributed by atoms with E-state index in [1.54, 1.807) is 6.20 Å². The van der Waals surface area contributed by atoms with Gasteiger partial charge in [0.15, 0.2) is 0 Å². The molecule has 0 saturated carbocycles. The van der Waals surface area contributed by atoms with Crippen LogP contribution in [0.1, 0.15) is 19.0 Å². The van der Waals surface area contributed by atoms with E-state index in [9.17, 15) is 9.90 Å². The highest BCUT2D eigenvalue weighted by molar-refractivity contribution is 5.77. The molecule has 1 aromatic heterocycles. The van der Waals surface area contributed by atoms with Crippen LogP contribution in [0.2, 0.25) is 0 Å². The van der Waals surface area contributed by atoms with Crippen molar-refractivity contribution in [3.05, 3.63) is 30.1 Å². The van der Waals surface area contributed by atoms with Crippen molar-refractivity contribution in [2.45, 2.75) is 26.0 Å². The Labute approximate surface area is 132 Å². The number of hydrogen-bond donors (Lipinski definition) is 2. The first-order chi connectivity index (χ1) is 10.7. The Kier molecular flexibility index (Phi) is 6.76. The Bertz CT molecular complexity index is 455. The third-order valence-corrected chi connectivity index (χ3v) is 3.77. The molecule has 22 heavy (non-hydrogen) atoms. The van der Waals surface area contributed by atoms with Gasteiger partial charge in [-0.2, -0.15) is 0 Å². The molecule has 2 heterocycles. The van der Waals surface area contributed by atoms with Crippen LogP contribution in [-0.4, -0.2) is 71.2 Å². The number of nitrogens with one attached hydrogen (secondary N) is 1. The van der Waals surface area contributed by atoms with E-state index in [4.69, 9.17) is 0 Å². The van der Waals surface area contributed by atoms with Gasteiger partial charge >= 0.3 is 0 Å². The molecule has 2 rings (SSSR count). The van der Waals surface area contributed by atoms with Crippen LogP contribution < -0.4 is 5.32 Å². The molecule has 1 fully saturated rings. The Morgan fingerprint density at radius 2 is 2.14 bits per heavy atom. The summed E-state index contributed by atoms with van der Waals surface area (Å²) >= 11 is 0. The van der Waals surface area contributed by atoms with E-state index in [0.29, 0.717) is 26.2 Å². The highest BCUT2D eigenvalue weighted by atomic mass is 16.3. The molecule has 1 aliphatic rings. The van der Waals surface area contributed by atoms with Gasteiger partial charge in [-0.15, -0.1) is 0 Å². The minimum atomic E-state index is -0.391. The van der Waals surface area contributed by atoms with Crippen LogP contribution >= 0.6 is 0 Å². The van der Waals surface area contributed by atoms with Crippen molar-refractivity contribution in [2.75, 3.05) is 39.3 Å². The second-order valence-electron chi connectivity index (χ2n) is 5.79. The summed E-state index contributed by atoms with van der Waals surface area (Å²) in [6.45, 7) is 6.86. The van der Waals surface area contributed by atoms with Gasteiger partial charge in [-0.05, 0) is 25.1 Å². The Balaban J connectivity index is 1.76. The minimum absolute atomic E-state index is 0.0261. The standard InChI is InChI=1S/C16H26N4O2/c1-2-7-19-8-9-20(12-15(21)11-19)13-16(22)18-10-14-5-3-4-6-17-14/h3-6,15,21H,2,7-13H2,1H3,(H,18,22). The minimum Gasteiger partial charge on any atom is -0.390 e. The van der Waals surface area contributed by atoms with Crippen molar-refractivity contribution >= 4 is 5.91 Å². The zero-order valence-corrected chi connectivity index (χ0v) is 13.2.